The molecule has 0 atom stereocenters. The first-order chi connectivity index (χ1) is 19.9. The summed E-state index contributed by atoms with van der Waals surface area (Å²) < 4.78 is 14.5. The minimum atomic E-state index is -0.392. The molecule has 5 rings (SSSR count). The van der Waals surface area contributed by atoms with Crippen LogP contribution in [0.4, 0.5) is 15.9 Å². The van der Waals surface area contributed by atoms with Crippen LogP contribution in [0.15, 0.2) is 84.9 Å². The van der Waals surface area contributed by atoms with Crippen molar-refractivity contribution in [1.82, 2.24) is 25.6 Å². The molecular weight excluding hydrogens is 517 g/mol. The van der Waals surface area contributed by atoms with Gasteiger partial charge in [-0.15, -0.1) is 5.10 Å². The lowest BCUT2D eigenvalue weighted by Crippen LogP contribution is -2.28. The minimum absolute atomic E-state index is 0.0842. The van der Waals surface area contributed by atoms with E-state index in [0.29, 0.717) is 41.0 Å². The first kappa shape index (κ1) is 27.6. The predicted octanol–water partition coefficient (Wildman–Crippen LogP) is 6.22. The number of aromatic nitrogens is 5. The number of carbonyl (C=O) groups excluding carboxylic acids is 1. The summed E-state index contributed by atoms with van der Waals surface area (Å²) in [5.74, 6) is 0.872. The average molecular weight is 550 g/mol. The van der Waals surface area contributed by atoms with E-state index in [9.17, 15) is 9.18 Å². The van der Waals surface area contributed by atoms with Crippen LogP contribution in [0.25, 0.3) is 22.6 Å². The lowest BCUT2D eigenvalue weighted by atomic mass is 10.0. The second-order valence-corrected chi connectivity index (χ2v) is 10.5. The Morgan fingerprint density at radius 1 is 0.976 bits per heavy atom. The number of halogens is 1. The van der Waals surface area contributed by atoms with Crippen molar-refractivity contribution < 1.29 is 9.18 Å². The maximum absolute atomic E-state index is 14.5. The van der Waals surface area contributed by atoms with Crippen molar-refractivity contribution in [3.05, 3.63) is 107 Å². The molecule has 9 heteroatoms. The van der Waals surface area contributed by atoms with Gasteiger partial charge in [-0.2, -0.15) is 0 Å². The standard InChI is InChI=1S/C32H32FN7O/c1-21(2)19-40(20-23-9-5-4-6-10-23)30-18-25(34-31(41)16-24-14-13-22(3)15-28(24)33)17-29(35-30)26-11-7-8-12-27(26)32-36-38-39-37-32/h4-15,17-18,21H,16,19-20H2,1-3H3,(H,34,35,41)(H,36,37,38,39). The molecule has 0 fully saturated rings. The Morgan fingerprint density at radius 3 is 2.44 bits per heavy atom. The molecule has 5 aromatic rings. The monoisotopic (exact) mass is 549 g/mol. The highest BCUT2D eigenvalue weighted by atomic mass is 19.1. The lowest BCUT2D eigenvalue weighted by molar-refractivity contribution is -0.115. The van der Waals surface area contributed by atoms with Gasteiger partial charge in [0.05, 0.1) is 12.1 Å². The number of hydrogen-bond donors (Lipinski definition) is 2. The molecule has 2 N–H and O–H groups in total. The number of pyridine rings is 1. The maximum atomic E-state index is 14.5. The third kappa shape index (κ3) is 7.00. The Labute approximate surface area is 238 Å². The lowest BCUT2D eigenvalue weighted by Gasteiger charge is -2.27. The van der Waals surface area contributed by atoms with Gasteiger partial charge < -0.3 is 10.2 Å². The minimum Gasteiger partial charge on any atom is -0.352 e. The number of rotatable bonds is 10. The molecule has 41 heavy (non-hydrogen) atoms. The zero-order valence-electron chi connectivity index (χ0n) is 23.3. The molecule has 0 unspecified atom stereocenters. The van der Waals surface area contributed by atoms with E-state index in [-0.39, 0.29) is 12.3 Å². The molecule has 0 aliphatic carbocycles. The smallest absolute Gasteiger partial charge is 0.228 e. The van der Waals surface area contributed by atoms with E-state index in [0.717, 1.165) is 28.8 Å². The van der Waals surface area contributed by atoms with Gasteiger partial charge in [0.2, 0.25) is 5.91 Å². The largest absolute Gasteiger partial charge is 0.352 e. The average Bonchev–Trinajstić information content (AvgIpc) is 3.49. The van der Waals surface area contributed by atoms with E-state index >= 15 is 0 Å². The predicted molar refractivity (Wildman–Crippen MR) is 159 cm³/mol. The molecular formula is C32H32FN7O. The number of hydrogen-bond acceptors (Lipinski definition) is 6. The van der Waals surface area contributed by atoms with Crippen LogP contribution in [0, 0.1) is 18.7 Å². The van der Waals surface area contributed by atoms with Crippen LogP contribution in [0.2, 0.25) is 0 Å². The van der Waals surface area contributed by atoms with Crippen LogP contribution in [0.1, 0.15) is 30.5 Å². The van der Waals surface area contributed by atoms with Crippen LogP contribution in [-0.2, 0) is 17.8 Å². The van der Waals surface area contributed by atoms with E-state index in [1.54, 1.807) is 12.1 Å². The summed E-state index contributed by atoms with van der Waals surface area (Å²) in [6, 6.07) is 26.5. The van der Waals surface area contributed by atoms with E-state index in [2.05, 4.69) is 56.8 Å². The number of nitrogens with zero attached hydrogens (tertiary/aromatic N) is 5. The van der Waals surface area contributed by atoms with Crippen molar-refractivity contribution in [2.45, 2.75) is 33.7 Å². The van der Waals surface area contributed by atoms with E-state index in [1.807, 2.05) is 61.5 Å². The normalized spacial score (nSPS) is 11.0. The zero-order chi connectivity index (χ0) is 28.8. The van der Waals surface area contributed by atoms with Gasteiger partial charge in [0.1, 0.15) is 11.6 Å². The Balaban J connectivity index is 1.55. The number of benzene rings is 3. The number of carbonyl (C=O) groups is 1. The number of H-pyrrole nitrogens is 1. The number of tetrazole rings is 1. The Morgan fingerprint density at radius 2 is 1.73 bits per heavy atom. The number of aromatic amines is 1. The van der Waals surface area contributed by atoms with Crippen LogP contribution < -0.4 is 10.2 Å². The van der Waals surface area contributed by atoms with Gasteiger partial charge in [-0.25, -0.2) is 14.5 Å². The summed E-state index contributed by atoms with van der Waals surface area (Å²) in [4.78, 5) is 20.4. The molecule has 208 valence electrons. The number of amides is 1. The molecule has 2 heterocycles. The zero-order valence-corrected chi connectivity index (χ0v) is 23.3. The van der Waals surface area contributed by atoms with Crippen LogP contribution in [0.3, 0.4) is 0 Å². The quantitative estimate of drug-likeness (QED) is 0.215. The fourth-order valence-electron chi connectivity index (χ4n) is 4.73. The van der Waals surface area contributed by atoms with Gasteiger partial charge >= 0.3 is 0 Å². The van der Waals surface area contributed by atoms with Crippen LogP contribution in [-0.4, -0.2) is 38.1 Å². The molecule has 0 saturated carbocycles. The molecule has 0 aliphatic heterocycles. The highest BCUT2D eigenvalue weighted by Crippen LogP contribution is 2.33. The molecule has 0 radical (unpaired) electrons. The van der Waals surface area contributed by atoms with Gasteiger partial charge in [-0.3, -0.25) is 4.79 Å². The van der Waals surface area contributed by atoms with Crippen molar-refractivity contribution in [2.75, 3.05) is 16.8 Å². The molecule has 0 bridgehead atoms. The fourth-order valence-corrected chi connectivity index (χ4v) is 4.73. The van der Waals surface area contributed by atoms with Crippen molar-refractivity contribution in [2.24, 2.45) is 5.92 Å². The highest BCUT2D eigenvalue weighted by Gasteiger charge is 2.18. The van der Waals surface area contributed by atoms with Crippen molar-refractivity contribution in [3.63, 3.8) is 0 Å². The first-order valence-corrected chi connectivity index (χ1v) is 13.5. The summed E-state index contributed by atoms with van der Waals surface area (Å²) in [6.45, 7) is 7.53. The molecule has 1 amide bonds. The fraction of sp³-hybridized carbons (Fsp3) is 0.219. The second kappa shape index (κ2) is 12.5. The van der Waals surface area contributed by atoms with Crippen LogP contribution in [0.5, 0.6) is 0 Å². The topological polar surface area (TPSA) is 99.7 Å². The number of aryl methyl sites for hydroxylation is 1. The summed E-state index contributed by atoms with van der Waals surface area (Å²) >= 11 is 0. The first-order valence-electron chi connectivity index (χ1n) is 13.5. The molecule has 0 spiro atoms. The summed E-state index contributed by atoms with van der Waals surface area (Å²) in [6.07, 6.45) is -0.0842. The Kier molecular flexibility index (Phi) is 8.43. The molecule has 0 aliphatic rings. The van der Waals surface area contributed by atoms with Gasteiger partial charge in [0.15, 0.2) is 5.82 Å². The second-order valence-electron chi connectivity index (χ2n) is 10.5. The van der Waals surface area contributed by atoms with Gasteiger partial charge in [0.25, 0.3) is 0 Å². The molecule has 0 saturated heterocycles. The van der Waals surface area contributed by atoms with Gasteiger partial charge in [0, 0.05) is 36.0 Å². The Bertz CT molecular complexity index is 1620. The van der Waals surface area contributed by atoms with Gasteiger partial charge in [-0.05, 0) is 52.1 Å². The number of nitrogens with one attached hydrogen (secondary N) is 2. The maximum Gasteiger partial charge on any atom is 0.228 e. The molecule has 2 aromatic heterocycles. The van der Waals surface area contributed by atoms with Gasteiger partial charge in [-0.1, -0.05) is 80.6 Å². The van der Waals surface area contributed by atoms with E-state index in [4.69, 9.17) is 4.98 Å². The molecule has 3 aromatic carbocycles. The number of anilines is 2. The molecule has 8 nitrogen and oxygen atoms in total. The summed E-state index contributed by atoms with van der Waals surface area (Å²) in [7, 11) is 0. The summed E-state index contributed by atoms with van der Waals surface area (Å²) in [5, 5.41) is 17.4. The Hall–Kier alpha value is -4.92. The van der Waals surface area contributed by atoms with Crippen molar-refractivity contribution in [1.29, 1.82) is 0 Å². The third-order valence-corrected chi connectivity index (χ3v) is 6.58. The van der Waals surface area contributed by atoms with Crippen LogP contribution >= 0.6 is 0 Å². The third-order valence-electron chi connectivity index (χ3n) is 6.58. The SMILES string of the molecule is Cc1ccc(CC(=O)Nc2cc(-c3ccccc3-c3nnn[nH]3)nc(N(Cc3ccccc3)CC(C)C)c2)c(F)c1. The van der Waals surface area contributed by atoms with E-state index in [1.165, 1.54) is 6.07 Å². The van der Waals surface area contributed by atoms with Crippen molar-refractivity contribution in [3.8, 4) is 22.6 Å². The van der Waals surface area contributed by atoms with Crippen molar-refractivity contribution >= 4 is 17.4 Å². The van der Waals surface area contributed by atoms with E-state index < -0.39 is 5.82 Å². The summed E-state index contributed by atoms with van der Waals surface area (Å²) in [5.41, 5.74) is 5.09. The highest BCUT2D eigenvalue weighted by molar-refractivity contribution is 5.94.